The van der Waals surface area contributed by atoms with Gasteiger partial charge in [0.1, 0.15) is 5.75 Å². The Morgan fingerprint density at radius 3 is 2.67 bits per heavy atom. The molecular formula is C18H27N3O3. The smallest absolute Gasteiger partial charge is 0.225 e. The highest BCUT2D eigenvalue weighted by Gasteiger charge is 2.38. The first-order chi connectivity index (χ1) is 11.4. The number of rotatable bonds is 6. The van der Waals surface area contributed by atoms with E-state index in [4.69, 9.17) is 10.5 Å². The summed E-state index contributed by atoms with van der Waals surface area (Å²) in [6, 6.07) is 7.34. The Balaban J connectivity index is 2.17. The summed E-state index contributed by atoms with van der Waals surface area (Å²) in [5.41, 5.74) is 6.67. The van der Waals surface area contributed by atoms with Gasteiger partial charge in [-0.05, 0) is 37.5 Å². The molecule has 24 heavy (non-hydrogen) atoms. The molecule has 3 unspecified atom stereocenters. The summed E-state index contributed by atoms with van der Waals surface area (Å²) in [5, 5.41) is 2.96. The fraction of sp³-hybridized carbons (Fsp3) is 0.556. The highest BCUT2D eigenvalue weighted by Crippen LogP contribution is 2.36. The zero-order valence-electron chi connectivity index (χ0n) is 14.6. The van der Waals surface area contributed by atoms with Gasteiger partial charge >= 0.3 is 0 Å². The van der Waals surface area contributed by atoms with E-state index in [2.05, 4.69) is 5.32 Å². The minimum atomic E-state index is -0.257. The van der Waals surface area contributed by atoms with Crippen LogP contribution in [0.15, 0.2) is 24.3 Å². The van der Waals surface area contributed by atoms with E-state index in [1.807, 2.05) is 31.2 Å². The summed E-state index contributed by atoms with van der Waals surface area (Å²) in [7, 11) is 3.37. The Kier molecular flexibility index (Phi) is 6.20. The Bertz CT molecular complexity index is 571. The molecule has 6 nitrogen and oxygen atoms in total. The van der Waals surface area contributed by atoms with Gasteiger partial charge in [-0.2, -0.15) is 0 Å². The molecule has 0 aromatic heterocycles. The summed E-state index contributed by atoms with van der Waals surface area (Å²) < 4.78 is 5.18. The molecule has 1 aliphatic heterocycles. The number of carbonyl (C=O) groups excluding carboxylic acids is 2. The van der Waals surface area contributed by atoms with Crippen molar-refractivity contribution >= 4 is 11.8 Å². The van der Waals surface area contributed by atoms with Crippen LogP contribution < -0.4 is 15.8 Å². The molecular weight excluding hydrogens is 306 g/mol. The fourth-order valence-corrected chi connectivity index (χ4v) is 3.12. The van der Waals surface area contributed by atoms with Crippen LogP contribution in [0.5, 0.6) is 5.75 Å². The molecule has 0 bridgehead atoms. The molecule has 1 saturated heterocycles. The molecule has 2 amide bonds. The molecule has 1 aliphatic rings. The quantitative estimate of drug-likeness (QED) is 0.825. The second kappa shape index (κ2) is 8.15. The summed E-state index contributed by atoms with van der Waals surface area (Å²) in [4.78, 5) is 26.4. The van der Waals surface area contributed by atoms with Crippen LogP contribution in [0.4, 0.5) is 0 Å². The minimum Gasteiger partial charge on any atom is -0.497 e. The van der Waals surface area contributed by atoms with Gasteiger partial charge in [-0.25, -0.2) is 0 Å². The van der Waals surface area contributed by atoms with E-state index in [1.54, 1.807) is 19.1 Å². The van der Waals surface area contributed by atoms with E-state index in [1.165, 1.54) is 0 Å². The summed E-state index contributed by atoms with van der Waals surface area (Å²) in [6.45, 7) is 2.47. The first-order valence-corrected chi connectivity index (χ1v) is 8.37. The van der Waals surface area contributed by atoms with Crippen molar-refractivity contribution in [3.63, 3.8) is 0 Å². The van der Waals surface area contributed by atoms with Crippen molar-refractivity contribution in [1.29, 1.82) is 0 Å². The third-order valence-electron chi connectivity index (χ3n) is 4.55. The number of carbonyl (C=O) groups is 2. The lowest BCUT2D eigenvalue weighted by atomic mass is 9.84. The van der Waals surface area contributed by atoms with Crippen molar-refractivity contribution in [3.8, 4) is 5.75 Å². The van der Waals surface area contributed by atoms with E-state index < -0.39 is 0 Å². The second-order valence-electron chi connectivity index (χ2n) is 6.42. The normalized spacial score (nSPS) is 22.2. The molecule has 1 aromatic carbocycles. The maximum atomic E-state index is 12.6. The van der Waals surface area contributed by atoms with Crippen LogP contribution in [-0.4, -0.2) is 43.5 Å². The van der Waals surface area contributed by atoms with E-state index in [0.717, 1.165) is 17.7 Å². The van der Waals surface area contributed by atoms with Gasteiger partial charge in [-0.15, -0.1) is 0 Å². The van der Waals surface area contributed by atoms with Crippen LogP contribution >= 0.6 is 0 Å². The minimum absolute atomic E-state index is 0.0178. The zero-order valence-corrected chi connectivity index (χ0v) is 14.6. The van der Waals surface area contributed by atoms with Gasteiger partial charge in [0, 0.05) is 26.1 Å². The number of hydrogen-bond donors (Lipinski definition) is 2. The lowest BCUT2D eigenvalue weighted by molar-refractivity contribution is -0.141. The van der Waals surface area contributed by atoms with Gasteiger partial charge in [0.25, 0.3) is 0 Å². The predicted octanol–water partition coefficient (Wildman–Crippen LogP) is 1.46. The monoisotopic (exact) mass is 333 g/mol. The molecule has 0 aliphatic carbocycles. The van der Waals surface area contributed by atoms with Gasteiger partial charge in [-0.1, -0.05) is 12.1 Å². The third kappa shape index (κ3) is 4.26. The number of amides is 2. The lowest BCUT2D eigenvalue weighted by Gasteiger charge is -2.38. The highest BCUT2D eigenvalue weighted by molar-refractivity contribution is 5.84. The van der Waals surface area contributed by atoms with Crippen LogP contribution in [0.1, 0.15) is 37.8 Å². The molecule has 6 heteroatoms. The van der Waals surface area contributed by atoms with Gasteiger partial charge < -0.3 is 20.7 Å². The van der Waals surface area contributed by atoms with Crippen LogP contribution in [0, 0.1) is 5.92 Å². The van der Waals surface area contributed by atoms with E-state index in [-0.39, 0.29) is 29.8 Å². The molecule has 0 saturated carbocycles. The average molecular weight is 333 g/mol. The second-order valence-corrected chi connectivity index (χ2v) is 6.42. The predicted molar refractivity (Wildman–Crippen MR) is 92.5 cm³/mol. The Morgan fingerprint density at radius 2 is 2.08 bits per heavy atom. The van der Waals surface area contributed by atoms with Gasteiger partial charge in [0.05, 0.1) is 19.1 Å². The standard InChI is InChI=1S/C18H27N3O3/c1-12(19)10-11-20-18(23)15-8-9-16(22)21(2)17(15)13-4-6-14(24-3)7-5-13/h4-7,12,15,17H,8-11,19H2,1-3H3,(H,20,23). The van der Waals surface area contributed by atoms with Crippen molar-refractivity contribution < 1.29 is 14.3 Å². The molecule has 3 atom stereocenters. The van der Waals surface area contributed by atoms with Crippen molar-refractivity contribution in [3.05, 3.63) is 29.8 Å². The van der Waals surface area contributed by atoms with E-state index in [9.17, 15) is 9.59 Å². The Morgan fingerprint density at radius 1 is 1.42 bits per heavy atom. The van der Waals surface area contributed by atoms with E-state index >= 15 is 0 Å². The first-order valence-electron chi connectivity index (χ1n) is 8.37. The maximum absolute atomic E-state index is 12.6. The topological polar surface area (TPSA) is 84.7 Å². The number of hydrogen-bond acceptors (Lipinski definition) is 4. The van der Waals surface area contributed by atoms with Crippen molar-refractivity contribution in [2.24, 2.45) is 11.7 Å². The molecule has 3 N–H and O–H groups in total. The fourth-order valence-electron chi connectivity index (χ4n) is 3.12. The SMILES string of the molecule is COc1ccc(C2C(C(=O)NCCC(C)N)CCC(=O)N2C)cc1. The molecule has 2 rings (SSSR count). The number of benzene rings is 1. The number of nitrogens with one attached hydrogen (secondary N) is 1. The summed E-state index contributed by atoms with van der Waals surface area (Å²) in [5.74, 6) is 0.543. The number of likely N-dealkylation sites (tertiary alicyclic amines) is 1. The van der Waals surface area contributed by atoms with Crippen molar-refractivity contribution in [2.45, 2.75) is 38.3 Å². The third-order valence-corrected chi connectivity index (χ3v) is 4.55. The molecule has 1 heterocycles. The van der Waals surface area contributed by atoms with Crippen LogP contribution in [0.25, 0.3) is 0 Å². The Hall–Kier alpha value is -2.08. The first kappa shape index (κ1) is 18.3. The van der Waals surface area contributed by atoms with Crippen LogP contribution in [-0.2, 0) is 9.59 Å². The number of methoxy groups -OCH3 is 1. The van der Waals surface area contributed by atoms with Gasteiger partial charge in [0.2, 0.25) is 11.8 Å². The van der Waals surface area contributed by atoms with Gasteiger partial charge in [0.15, 0.2) is 0 Å². The van der Waals surface area contributed by atoms with Crippen molar-refractivity contribution in [1.82, 2.24) is 10.2 Å². The number of ether oxygens (including phenoxy) is 1. The molecule has 1 aromatic rings. The Labute approximate surface area is 143 Å². The largest absolute Gasteiger partial charge is 0.497 e. The van der Waals surface area contributed by atoms with Crippen molar-refractivity contribution in [2.75, 3.05) is 20.7 Å². The number of piperidine rings is 1. The maximum Gasteiger partial charge on any atom is 0.225 e. The zero-order chi connectivity index (χ0) is 17.7. The molecule has 132 valence electrons. The van der Waals surface area contributed by atoms with Crippen LogP contribution in [0.3, 0.4) is 0 Å². The van der Waals surface area contributed by atoms with Crippen LogP contribution in [0.2, 0.25) is 0 Å². The molecule has 1 fully saturated rings. The highest BCUT2D eigenvalue weighted by atomic mass is 16.5. The molecule has 0 spiro atoms. The summed E-state index contributed by atoms with van der Waals surface area (Å²) in [6.07, 6.45) is 1.69. The lowest BCUT2D eigenvalue weighted by Crippen LogP contribution is -2.46. The average Bonchev–Trinajstić information content (AvgIpc) is 2.57. The van der Waals surface area contributed by atoms with Gasteiger partial charge in [-0.3, -0.25) is 9.59 Å². The molecule has 0 radical (unpaired) electrons. The van der Waals surface area contributed by atoms with E-state index in [0.29, 0.717) is 19.4 Å². The number of nitrogens with zero attached hydrogens (tertiary/aromatic N) is 1. The number of nitrogens with two attached hydrogens (primary N) is 1. The summed E-state index contributed by atoms with van der Waals surface area (Å²) >= 11 is 0.